The van der Waals surface area contributed by atoms with Gasteiger partial charge in [0.05, 0.1) is 28.5 Å². The molecule has 32 heavy (non-hydrogen) atoms. The third kappa shape index (κ3) is 3.68. The van der Waals surface area contributed by atoms with Crippen LogP contribution in [0.5, 0.6) is 0 Å². The van der Waals surface area contributed by atoms with Crippen LogP contribution in [-0.2, 0) is 29.6 Å². The van der Waals surface area contributed by atoms with Crippen LogP contribution in [0.25, 0.3) is 11.0 Å². The molecule has 1 aliphatic rings. The summed E-state index contributed by atoms with van der Waals surface area (Å²) in [6.07, 6.45) is 8.36. The first-order valence-electron chi connectivity index (χ1n) is 11.3. The van der Waals surface area contributed by atoms with Gasteiger partial charge in [-0.15, -0.1) is 0 Å². The lowest BCUT2D eigenvalue weighted by atomic mass is 9.86. The van der Waals surface area contributed by atoms with E-state index in [9.17, 15) is 4.79 Å². The van der Waals surface area contributed by atoms with Gasteiger partial charge in [-0.2, -0.15) is 0 Å². The number of anilines is 1. The summed E-state index contributed by atoms with van der Waals surface area (Å²) in [7, 11) is 0. The topological polar surface area (TPSA) is 51.0 Å². The van der Waals surface area contributed by atoms with Gasteiger partial charge in [-0.05, 0) is 68.0 Å². The van der Waals surface area contributed by atoms with Crippen LogP contribution in [0.4, 0.5) is 5.69 Å². The Morgan fingerprint density at radius 3 is 2.53 bits per heavy atom. The molecule has 2 aromatic carbocycles. The second-order valence-electron chi connectivity index (χ2n) is 9.08. The second kappa shape index (κ2) is 8.23. The number of carbonyl (C=O) groups is 1. The Morgan fingerprint density at radius 2 is 1.75 bits per heavy atom. The Labute approximate surface area is 188 Å². The van der Waals surface area contributed by atoms with Crippen molar-refractivity contribution in [2.24, 2.45) is 0 Å². The van der Waals surface area contributed by atoms with Crippen molar-refractivity contribution in [1.82, 2.24) is 14.5 Å². The molecule has 0 bridgehead atoms. The van der Waals surface area contributed by atoms with Gasteiger partial charge in [-0.3, -0.25) is 9.78 Å². The summed E-state index contributed by atoms with van der Waals surface area (Å²) < 4.78 is 2.20. The van der Waals surface area contributed by atoms with Crippen molar-refractivity contribution in [1.29, 1.82) is 0 Å². The van der Waals surface area contributed by atoms with Gasteiger partial charge < -0.3 is 9.47 Å². The molecule has 0 aliphatic carbocycles. The zero-order chi connectivity index (χ0) is 22.1. The smallest absolute Gasteiger partial charge is 0.237 e. The summed E-state index contributed by atoms with van der Waals surface area (Å²) in [4.78, 5) is 24.1. The molecule has 5 heteroatoms. The summed E-state index contributed by atoms with van der Waals surface area (Å²) in [5.41, 5.74) is 6.12. The number of imidazole rings is 1. The van der Waals surface area contributed by atoms with E-state index in [0.717, 1.165) is 48.1 Å². The lowest BCUT2D eigenvalue weighted by Crippen LogP contribution is -2.36. The van der Waals surface area contributed by atoms with Crippen molar-refractivity contribution in [3.05, 3.63) is 90.0 Å². The van der Waals surface area contributed by atoms with Crippen molar-refractivity contribution >= 4 is 22.6 Å². The van der Waals surface area contributed by atoms with E-state index < -0.39 is 5.41 Å². The minimum absolute atomic E-state index is 0.169. The van der Waals surface area contributed by atoms with Crippen LogP contribution in [0, 0.1) is 0 Å². The summed E-state index contributed by atoms with van der Waals surface area (Å²) in [6, 6.07) is 18.8. The molecule has 0 N–H and O–H groups in total. The molecular formula is C27H28N4O. The summed E-state index contributed by atoms with van der Waals surface area (Å²) >= 11 is 0. The van der Waals surface area contributed by atoms with E-state index in [1.165, 1.54) is 11.1 Å². The van der Waals surface area contributed by atoms with E-state index in [0.29, 0.717) is 6.54 Å². The van der Waals surface area contributed by atoms with Crippen LogP contribution >= 0.6 is 0 Å². The van der Waals surface area contributed by atoms with Crippen LogP contribution in [-0.4, -0.2) is 27.0 Å². The normalized spacial score (nSPS) is 14.8. The van der Waals surface area contributed by atoms with Crippen molar-refractivity contribution < 1.29 is 4.79 Å². The molecule has 0 radical (unpaired) electrons. The molecule has 0 atom stereocenters. The van der Waals surface area contributed by atoms with Crippen LogP contribution < -0.4 is 4.90 Å². The highest BCUT2D eigenvalue weighted by Gasteiger charge is 2.44. The third-order valence-corrected chi connectivity index (χ3v) is 6.54. The van der Waals surface area contributed by atoms with Gasteiger partial charge >= 0.3 is 0 Å². The number of aryl methyl sites for hydroxylation is 3. The fourth-order valence-electron chi connectivity index (χ4n) is 4.66. The van der Waals surface area contributed by atoms with Crippen LogP contribution in [0.3, 0.4) is 0 Å². The molecule has 4 aromatic rings. The van der Waals surface area contributed by atoms with E-state index in [4.69, 9.17) is 0 Å². The molecule has 2 aromatic heterocycles. The summed E-state index contributed by atoms with van der Waals surface area (Å²) in [6.45, 7) is 5.63. The Hall–Kier alpha value is -3.47. The van der Waals surface area contributed by atoms with Crippen molar-refractivity contribution in [3.8, 4) is 0 Å². The first-order valence-corrected chi connectivity index (χ1v) is 11.3. The summed E-state index contributed by atoms with van der Waals surface area (Å²) in [5, 5.41) is 0. The Morgan fingerprint density at radius 1 is 0.938 bits per heavy atom. The lowest BCUT2D eigenvalue weighted by Gasteiger charge is -2.20. The van der Waals surface area contributed by atoms with Gasteiger partial charge in [0.2, 0.25) is 5.91 Å². The number of hydrogen-bond acceptors (Lipinski definition) is 3. The standard InChI is InChI=1S/C27H28N4O/c1-27(2)22-16-25-23(29-19-30(25)15-12-20-8-4-3-5-9-20)17-24(22)31(26(27)32)14-7-11-21-10-6-13-28-18-21/h3-6,8-10,13,16-19H,7,11-12,14-15H2,1-2H3. The predicted octanol–water partition coefficient (Wildman–Crippen LogP) is 4.93. The molecular weight excluding hydrogens is 396 g/mol. The third-order valence-electron chi connectivity index (χ3n) is 6.54. The molecule has 0 unspecified atom stereocenters. The molecule has 5 nitrogen and oxygen atoms in total. The number of nitrogens with zero attached hydrogens (tertiary/aromatic N) is 4. The number of rotatable bonds is 7. The van der Waals surface area contributed by atoms with Crippen LogP contribution in [0.2, 0.25) is 0 Å². The number of amides is 1. The molecule has 1 aliphatic heterocycles. The molecule has 0 saturated carbocycles. The van der Waals surface area contributed by atoms with E-state index in [-0.39, 0.29) is 5.91 Å². The molecule has 0 saturated heterocycles. The highest BCUT2D eigenvalue weighted by molar-refractivity contribution is 6.09. The van der Waals surface area contributed by atoms with Gasteiger partial charge in [0.25, 0.3) is 0 Å². The molecule has 0 fully saturated rings. The van der Waals surface area contributed by atoms with Gasteiger partial charge in [0, 0.05) is 25.5 Å². The SMILES string of the molecule is CC1(C)C(=O)N(CCCc2cccnc2)c2cc3ncn(CCc4ccccc4)c3cc21. The van der Waals surface area contributed by atoms with E-state index >= 15 is 0 Å². The predicted molar refractivity (Wildman–Crippen MR) is 128 cm³/mol. The number of fused-ring (bicyclic) bond motifs is 2. The lowest BCUT2D eigenvalue weighted by molar-refractivity contribution is -0.122. The molecule has 5 rings (SSSR count). The Bertz CT molecular complexity index is 1240. The molecule has 3 heterocycles. The zero-order valence-corrected chi connectivity index (χ0v) is 18.7. The molecule has 1 amide bonds. The van der Waals surface area contributed by atoms with Crippen molar-refractivity contribution in [2.75, 3.05) is 11.4 Å². The fourth-order valence-corrected chi connectivity index (χ4v) is 4.66. The fraction of sp³-hybridized carbons (Fsp3) is 0.296. The molecule has 162 valence electrons. The van der Waals surface area contributed by atoms with Gasteiger partial charge in [-0.25, -0.2) is 4.98 Å². The zero-order valence-electron chi connectivity index (χ0n) is 18.7. The maximum absolute atomic E-state index is 13.3. The van der Waals surface area contributed by atoms with Crippen LogP contribution in [0.1, 0.15) is 37.0 Å². The monoisotopic (exact) mass is 424 g/mol. The maximum Gasteiger partial charge on any atom is 0.237 e. The second-order valence-corrected chi connectivity index (χ2v) is 9.08. The average Bonchev–Trinajstić information content (AvgIpc) is 3.29. The summed E-state index contributed by atoms with van der Waals surface area (Å²) in [5.74, 6) is 0.169. The van der Waals surface area contributed by atoms with Gasteiger partial charge in [0.1, 0.15) is 0 Å². The van der Waals surface area contributed by atoms with Crippen LogP contribution in [0.15, 0.2) is 73.3 Å². The Kier molecular flexibility index (Phi) is 5.25. The van der Waals surface area contributed by atoms with Crippen molar-refractivity contribution in [2.45, 2.75) is 45.1 Å². The van der Waals surface area contributed by atoms with Gasteiger partial charge in [-0.1, -0.05) is 36.4 Å². The number of carbonyl (C=O) groups excluding carboxylic acids is 1. The minimum atomic E-state index is -0.535. The maximum atomic E-state index is 13.3. The minimum Gasteiger partial charge on any atom is -0.330 e. The van der Waals surface area contributed by atoms with E-state index in [2.05, 4.69) is 57.0 Å². The average molecular weight is 425 g/mol. The van der Waals surface area contributed by atoms with E-state index in [1.807, 2.05) is 43.4 Å². The largest absolute Gasteiger partial charge is 0.330 e. The number of aromatic nitrogens is 3. The number of hydrogen-bond donors (Lipinski definition) is 0. The quantitative estimate of drug-likeness (QED) is 0.423. The number of benzene rings is 2. The van der Waals surface area contributed by atoms with Gasteiger partial charge in [0.15, 0.2) is 0 Å². The first-order chi connectivity index (χ1) is 15.5. The molecule has 0 spiro atoms. The highest BCUT2D eigenvalue weighted by Crippen LogP contribution is 2.43. The Balaban J connectivity index is 1.39. The number of pyridine rings is 1. The van der Waals surface area contributed by atoms with E-state index in [1.54, 1.807) is 6.20 Å². The first kappa shape index (κ1) is 20.4. The van der Waals surface area contributed by atoms with Crippen molar-refractivity contribution in [3.63, 3.8) is 0 Å². The highest BCUT2D eigenvalue weighted by atomic mass is 16.2.